The average Bonchev–Trinajstić information content (AvgIpc) is 2.51. The van der Waals surface area contributed by atoms with Crippen LogP contribution in [0, 0.1) is 23.5 Å². The molecule has 0 amide bonds. The minimum atomic E-state index is -4.31. The van der Waals surface area contributed by atoms with Crippen molar-refractivity contribution in [2.75, 3.05) is 13.2 Å². The smallest absolute Gasteiger partial charge is 0.247 e. The Morgan fingerprint density at radius 3 is 2.52 bits per heavy atom. The van der Waals surface area contributed by atoms with Crippen LogP contribution in [-0.2, 0) is 10.0 Å². The number of ether oxygens (including phenoxy) is 1. The van der Waals surface area contributed by atoms with Crippen molar-refractivity contribution in [3.05, 3.63) is 54.4 Å². The number of halogens is 2. The summed E-state index contributed by atoms with van der Waals surface area (Å²) in [4.78, 5) is 2.83. The zero-order chi connectivity index (χ0) is 16.7. The molecule has 0 atom stereocenters. The van der Waals surface area contributed by atoms with E-state index in [0.717, 1.165) is 18.2 Å². The zero-order valence-corrected chi connectivity index (χ0v) is 12.6. The number of pyridine rings is 1. The first-order chi connectivity index (χ1) is 11.0. The van der Waals surface area contributed by atoms with Gasteiger partial charge in [-0.25, -0.2) is 17.2 Å². The van der Waals surface area contributed by atoms with Gasteiger partial charge in [-0.3, -0.25) is 4.98 Å². The Bertz CT molecular complexity index is 811. The molecular weight excluding hydrogens is 326 g/mol. The first-order valence-corrected chi connectivity index (χ1v) is 7.91. The van der Waals surface area contributed by atoms with Crippen LogP contribution in [0.15, 0.2) is 47.6 Å². The Morgan fingerprint density at radius 1 is 1.13 bits per heavy atom. The van der Waals surface area contributed by atoms with Crippen molar-refractivity contribution in [3.63, 3.8) is 0 Å². The van der Waals surface area contributed by atoms with E-state index in [2.05, 4.69) is 16.8 Å². The number of rotatable bonds is 5. The molecule has 0 saturated carbocycles. The molecule has 2 aromatic rings. The molecule has 1 aromatic heterocycles. The predicted octanol–water partition coefficient (Wildman–Crippen LogP) is 1.72. The first-order valence-electron chi connectivity index (χ1n) is 6.43. The third-order valence-corrected chi connectivity index (χ3v) is 4.06. The molecule has 8 heteroatoms. The van der Waals surface area contributed by atoms with E-state index in [-0.39, 0.29) is 13.2 Å². The number of hydrogen-bond acceptors (Lipinski definition) is 4. The fraction of sp³-hybridized carbons (Fsp3) is 0.133. The van der Waals surface area contributed by atoms with Gasteiger partial charge < -0.3 is 4.74 Å². The fourth-order valence-electron chi connectivity index (χ4n) is 1.61. The maximum absolute atomic E-state index is 13.4. The van der Waals surface area contributed by atoms with Crippen LogP contribution in [0.25, 0.3) is 0 Å². The Hall–Kier alpha value is -2.50. The number of hydrogen-bond donors (Lipinski definition) is 1. The normalized spacial score (nSPS) is 10.7. The molecule has 0 aliphatic heterocycles. The predicted molar refractivity (Wildman–Crippen MR) is 79.1 cm³/mol. The second-order valence-corrected chi connectivity index (χ2v) is 5.91. The summed E-state index contributed by atoms with van der Waals surface area (Å²) < 4.78 is 57.8. The maximum Gasteiger partial charge on any atom is 0.247 e. The fourth-order valence-corrected chi connectivity index (χ4v) is 2.66. The number of sulfonamides is 1. The van der Waals surface area contributed by atoms with Crippen molar-refractivity contribution >= 4 is 10.0 Å². The van der Waals surface area contributed by atoms with Crippen LogP contribution in [0.4, 0.5) is 8.78 Å². The number of aromatic nitrogens is 1. The van der Waals surface area contributed by atoms with E-state index in [9.17, 15) is 17.2 Å². The standard InChI is InChI=1S/C15H12F2N2O3S/c16-13-6-3-7-14(17)15(13)23(20,21)19-9-1-2-10-22-12-5-4-8-18-11-12/h3-8,11,19H,9-10H2. The van der Waals surface area contributed by atoms with E-state index in [1.54, 1.807) is 18.3 Å². The summed E-state index contributed by atoms with van der Waals surface area (Å²) in [7, 11) is -4.31. The van der Waals surface area contributed by atoms with Gasteiger partial charge in [0.25, 0.3) is 0 Å². The van der Waals surface area contributed by atoms with Crippen molar-refractivity contribution in [1.82, 2.24) is 9.71 Å². The Kier molecular flexibility index (Phi) is 5.62. The van der Waals surface area contributed by atoms with E-state index >= 15 is 0 Å². The number of nitrogens with one attached hydrogen (secondary N) is 1. The van der Waals surface area contributed by atoms with Gasteiger partial charge in [-0.15, -0.1) is 0 Å². The minimum Gasteiger partial charge on any atom is -0.479 e. The molecule has 0 spiro atoms. The summed E-state index contributed by atoms with van der Waals surface area (Å²) in [6.45, 7) is -0.270. The maximum atomic E-state index is 13.4. The molecule has 0 aliphatic rings. The molecule has 1 N–H and O–H groups in total. The van der Waals surface area contributed by atoms with Crippen LogP contribution < -0.4 is 9.46 Å². The molecule has 1 aromatic carbocycles. The van der Waals surface area contributed by atoms with Crippen molar-refractivity contribution < 1.29 is 21.9 Å². The van der Waals surface area contributed by atoms with Crippen molar-refractivity contribution in [2.45, 2.75) is 4.90 Å². The largest absolute Gasteiger partial charge is 0.479 e. The van der Waals surface area contributed by atoms with Crippen molar-refractivity contribution in [2.24, 2.45) is 0 Å². The van der Waals surface area contributed by atoms with E-state index in [4.69, 9.17) is 4.74 Å². The molecule has 0 radical (unpaired) electrons. The van der Waals surface area contributed by atoms with Crippen molar-refractivity contribution in [1.29, 1.82) is 0 Å². The van der Waals surface area contributed by atoms with Gasteiger partial charge in [0.1, 0.15) is 24.0 Å². The van der Waals surface area contributed by atoms with Gasteiger partial charge in [0.2, 0.25) is 10.0 Å². The second kappa shape index (κ2) is 7.67. The lowest BCUT2D eigenvalue weighted by atomic mass is 10.3. The van der Waals surface area contributed by atoms with E-state index in [0.29, 0.717) is 5.75 Å². The Balaban J connectivity index is 1.90. The molecule has 0 unspecified atom stereocenters. The van der Waals surface area contributed by atoms with Gasteiger partial charge >= 0.3 is 0 Å². The first kappa shape index (κ1) is 16.9. The van der Waals surface area contributed by atoms with Gasteiger partial charge in [-0.05, 0) is 24.3 Å². The third-order valence-electron chi connectivity index (χ3n) is 2.61. The lowest BCUT2D eigenvalue weighted by molar-refractivity contribution is 0.368. The van der Waals surface area contributed by atoms with Gasteiger partial charge in [-0.1, -0.05) is 17.9 Å². The summed E-state index contributed by atoms with van der Waals surface area (Å²) in [5.74, 6) is 3.26. The van der Waals surface area contributed by atoms with E-state index in [1.165, 1.54) is 6.20 Å². The van der Waals surface area contributed by atoms with E-state index < -0.39 is 26.6 Å². The highest BCUT2D eigenvalue weighted by atomic mass is 32.2. The highest BCUT2D eigenvalue weighted by molar-refractivity contribution is 7.89. The number of nitrogens with zero attached hydrogens (tertiary/aromatic N) is 1. The molecule has 23 heavy (non-hydrogen) atoms. The Labute approximate surface area is 132 Å². The molecular formula is C15H12F2N2O3S. The lowest BCUT2D eigenvalue weighted by Gasteiger charge is -2.06. The summed E-state index contributed by atoms with van der Waals surface area (Å²) in [5.41, 5.74) is 0. The summed E-state index contributed by atoms with van der Waals surface area (Å²) in [5, 5.41) is 0. The highest BCUT2D eigenvalue weighted by Gasteiger charge is 2.22. The average molecular weight is 338 g/mol. The van der Waals surface area contributed by atoms with Crippen LogP contribution in [0.3, 0.4) is 0 Å². The monoisotopic (exact) mass is 338 g/mol. The molecule has 0 bridgehead atoms. The molecule has 0 saturated heterocycles. The van der Waals surface area contributed by atoms with Gasteiger partial charge in [0, 0.05) is 6.20 Å². The second-order valence-electron chi connectivity index (χ2n) is 4.21. The van der Waals surface area contributed by atoms with Crippen LogP contribution >= 0.6 is 0 Å². The lowest BCUT2D eigenvalue weighted by Crippen LogP contribution is -2.26. The van der Waals surface area contributed by atoms with Gasteiger partial charge in [0.05, 0.1) is 12.7 Å². The third kappa shape index (κ3) is 4.74. The highest BCUT2D eigenvalue weighted by Crippen LogP contribution is 2.17. The topological polar surface area (TPSA) is 68.3 Å². The minimum absolute atomic E-state index is 0.0292. The summed E-state index contributed by atoms with van der Waals surface area (Å²) in [6, 6.07) is 6.20. The number of benzene rings is 1. The van der Waals surface area contributed by atoms with Crippen LogP contribution in [0.2, 0.25) is 0 Å². The molecule has 0 aliphatic carbocycles. The van der Waals surface area contributed by atoms with Crippen LogP contribution in [0.1, 0.15) is 0 Å². The quantitative estimate of drug-likeness (QED) is 0.843. The molecule has 0 fully saturated rings. The molecule has 5 nitrogen and oxygen atoms in total. The molecule has 1 heterocycles. The van der Waals surface area contributed by atoms with E-state index in [1.807, 2.05) is 4.72 Å². The molecule has 120 valence electrons. The van der Waals surface area contributed by atoms with Crippen LogP contribution in [-0.4, -0.2) is 26.6 Å². The summed E-state index contributed by atoms with van der Waals surface area (Å²) in [6.07, 6.45) is 3.10. The molecule has 2 rings (SSSR count). The zero-order valence-electron chi connectivity index (χ0n) is 11.8. The van der Waals surface area contributed by atoms with Gasteiger partial charge in [0.15, 0.2) is 4.90 Å². The van der Waals surface area contributed by atoms with Crippen LogP contribution in [0.5, 0.6) is 5.75 Å². The van der Waals surface area contributed by atoms with Crippen molar-refractivity contribution in [3.8, 4) is 17.6 Å². The summed E-state index contributed by atoms with van der Waals surface area (Å²) >= 11 is 0. The van der Waals surface area contributed by atoms with Gasteiger partial charge in [-0.2, -0.15) is 4.72 Å². The SMILES string of the molecule is O=S(=O)(NCC#CCOc1cccnc1)c1c(F)cccc1F. The Morgan fingerprint density at radius 2 is 1.87 bits per heavy atom.